The van der Waals surface area contributed by atoms with Crippen molar-refractivity contribution in [3.05, 3.63) is 51.5 Å². The number of aromatic hydroxyl groups is 1. The van der Waals surface area contributed by atoms with Gasteiger partial charge in [0, 0.05) is 5.02 Å². The van der Waals surface area contributed by atoms with Gasteiger partial charge >= 0.3 is 0 Å². The minimum atomic E-state index is -0.399. The van der Waals surface area contributed by atoms with E-state index in [1.54, 1.807) is 6.92 Å². The number of ether oxygens (including phenoxy) is 1. The minimum Gasteiger partial charge on any atom is -0.504 e. The highest BCUT2D eigenvalue weighted by Crippen LogP contribution is 2.38. The highest BCUT2D eigenvalue weighted by molar-refractivity contribution is 6.37. The van der Waals surface area contributed by atoms with Crippen molar-refractivity contribution in [2.45, 2.75) is 52.4 Å². The van der Waals surface area contributed by atoms with Gasteiger partial charge in [-0.3, -0.25) is 4.79 Å². The van der Waals surface area contributed by atoms with Gasteiger partial charge in [-0.05, 0) is 43.0 Å². The van der Waals surface area contributed by atoms with Crippen LogP contribution >= 0.6 is 23.2 Å². The Bertz CT molecular complexity index is 809. The second kappa shape index (κ2) is 11.2. The maximum atomic E-state index is 12.3. The van der Waals surface area contributed by atoms with E-state index in [9.17, 15) is 9.90 Å². The van der Waals surface area contributed by atoms with Crippen molar-refractivity contribution in [1.29, 1.82) is 0 Å². The fourth-order valence-electron chi connectivity index (χ4n) is 2.90. The van der Waals surface area contributed by atoms with Gasteiger partial charge in [-0.25, -0.2) is 0 Å². The number of aryl methyl sites for hydroxylation is 1. The van der Waals surface area contributed by atoms with Crippen LogP contribution < -0.4 is 10.1 Å². The van der Waals surface area contributed by atoms with Crippen LogP contribution in [0.15, 0.2) is 30.3 Å². The van der Waals surface area contributed by atoms with Gasteiger partial charge in [-0.1, -0.05) is 74.0 Å². The van der Waals surface area contributed by atoms with Gasteiger partial charge in [0.1, 0.15) is 5.75 Å². The molecule has 0 radical (unpaired) electrons. The molecule has 0 saturated heterocycles. The molecule has 2 aromatic rings. The quantitative estimate of drug-likeness (QED) is 0.336. The number of rotatable bonds is 10. The van der Waals surface area contributed by atoms with Crippen LogP contribution in [-0.4, -0.2) is 17.6 Å². The molecule has 0 aromatic heterocycles. The van der Waals surface area contributed by atoms with Gasteiger partial charge < -0.3 is 15.2 Å². The van der Waals surface area contributed by atoms with Crippen LogP contribution in [0.25, 0.3) is 0 Å². The number of phenolic OH excluding ortho intramolecular Hbond substituents is 1. The Morgan fingerprint density at radius 2 is 1.86 bits per heavy atom. The van der Waals surface area contributed by atoms with E-state index in [-0.39, 0.29) is 23.1 Å². The lowest BCUT2D eigenvalue weighted by atomic mass is 10.0. The van der Waals surface area contributed by atoms with Crippen LogP contribution in [0.5, 0.6) is 11.5 Å². The van der Waals surface area contributed by atoms with Crippen LogP contribution in [0, 0.1) is 6.92 Å². The summed E-state index contributed by atoms with van der Waals surface area (Å²) in [7, 11) is 0. The molecule has 4 nitrogen and oxygen atoms in total. The molecule has 0 saturated carbocycles. The van der Waals surface area contributed by atoms with Crippen LogP contribution in [0.2, 0.25) is 10.0 Å². The average molecular weight is 424 g/mol. The number of carbonyl (C=O) groups excluding carboxylic acids is 1. The Morgan fingerprint density at radius 1 is 1.14 bits per heavy atom. The zero-order valence-electron chi connectivity index (χ0n) is 16.4. The smallest absolute Gasteiger partial charge is 0.262 e. The van der Waals surface area contributed by atoms with Crippen molar-refractivity contribution >= 4 is 34.8 Å². The number of hydrogen-bond acceptors (Lipinski definition) is 3. The summed E-state index contributed by atoms with van der Waals surface area (Å²) in [5, 5.41) is 13.2. The standard InChI is InChI=1S/C22H27Cl2NO3/c1-3-4-5-6-7-10-16-11-8-9-12-19(16)28-14-20(26)25-18-13-17(23)15(2)21(24)22(18)27/h8-9,11-13,27H,3-7,10,14H2,1-2H3,(H,25,26). The monoisotopic (exact) mass is 423 g/mol. The molecular weight excluding hydrogens is 397 g/mol. The molecule has 2 N–H and O–H groups in total. The highest BCUT2D eigenvalue weighted by atomic mass is 35.5. The maximum Gasteiger partial charge on any atom is 0.262 e. The van der Waals surface area contributed by atoms with Crippen LogP contribution in [0.3, 0.4) is 0 Å². The van der Waals surface area contributed by atoms with Gasteiger partial charge in [-0.15, -0.1) is 0 Å². The number of amides is 1. The summed E-state index contributed by atoms with van der Waals surface area (Å²) in [6.07, 6.45) is 6.94. The maximum absolute atomic E-state index is 12.3. The molecular formula is C22H27Cl2NO3. The number of para-hydroxylation sites is 1. The van der Waals surface area contributed by atoms with E-state index in [4.69, 9.17) is 27.9 Å². The first kappa shape index (κ1) is 22.4. The predicted octanol–water partition coefficient (Wildman–Crippen LogP) is 6.54. The van der Waals surface area contributed by atoms with E-state index < -0.39 is 5.91 Å². The van der Waals surface area contributed by atoms with Crippen molar-refractivity contribution < 1.29 is 14.6 Å². The number of unbranched alkanes of at least 4 members (excludes halogenated alkanes) is 4. The van der Waals surface area contributed by atoms with E-state index in [2.05, 4.69) is 12.2 Å². The zero-order chi connectivity index (χ0) is 20.5. The first-order valence-electron chi connectivity index (χ1n) is 9.62. The molecule has 0 bridgehead atoms. The van der Waals surface area contributed by atoms with Crippen molar-refractivity contribution in [1.82, 2.24) is 0 Å². The molecule has 1 amide bonds. The Morgan fingerprint density at radius 3 is 2.61 bits per heavy atom. The average Bonchev–Trinajstić information content (AvgIpc) is 2.69. The normalized spacial score (nSPS) is 10.7. The largest absolute Gasteiger partial charge is 0.504 e. The van der Waals surface area contributed by atoms with Gasteiger partial charge in [-0.2, -0.15) is 0 Å². The molecule has 0 fully saturated rings. The fourth-order valence-corrected chi connectivity index (χ4v) is 3.35. The van der Waals surface area contributed by atoms with E-state index in [0.717, 1.165) is 18.4 Å². The Balaban J connectivity index is 1.93. The van der Waals surface area contributed by atoms with Crippen LogP contribution in [0.4, 0.5) is 5.69 Å². The lowest BCUT2D eigenvalue weighted by Crippen LogP contribution is -2.20. The second-order valence-corrected chi connectivity index (χ2v) is 7.59. The van der Waals surface area contributed by atoms with Gasteiger partial charge in [0.2, 0.25) is 0 Å². The first-order valence-corrected chi connectivity index (χ1v) is 10.4. The number of halogens is 2. The Hall–Kier alpha value is -1.91. The summed E-state index contributed by atoms with van der Waals surface area (Å²) in [5.41, 5.74) is 1.82. The van der Waals surface area contributed by atoms with Crippen molar-refractivity contribution in [2.75, 3.05) is 11.9 Å². The summed E-state index contributed by atoms with van der Waals surface area (Å²) >= 11 is 12.1. The number of hydrogen-bond donors (Lipinski definition) is 2. The summed E-state index contributed by atoms with van der Waals surface area (Å²) in [4.78, 5) is 12.3. The molecule has 152 valence electrons. The summed E-state index contributed by atoms with van der Waals surface area (Å²) in [6, 6.07) is 9.23. The molecule has 0 aliphatic carbocycles. The molecule has 0 heterocycles. The SMILES string of the molecule is CCCCCCCc1ccccc1OCC(=O)Nc1cc(Cl)c(C)c(Cl)c1O. The van der Waals surface area contributed by atoms with Gasteiger partial charge in [0.05, 0.1) is 10.7 Å². The summed E-state index contributed by atoms with van der Waals surface area (Å²) < 4.78 is 5.71. The number of benzene rings is 2. The molecule has 2 rings (SSSR count). The van der Waals surface area contributed by atoms with Gasteiger partial charge in [0.15, 0.2) is 12.4 Å². The van der Waals surface area contributed by atoms with Crippen molar-refractivity contribution in [2.24, 2.45) is 0 Å². The molecule has 0 spiro atoms. The molecule has 6 heteroatoms. The number of anilines is 1. The number of carbonyl (C=O) groups is 1. The van der Waals surface area contributed by atoms with Gasteiger partial charge in [0.25, 0.3) is 5.91 Å². The lowest BCUT2D eigenvalue weighted by molar-refractivity contribution is -0.118. The third kappa shape index (κ3) is 6.32. The zero-order valence-corrected chi connectivity index (χ0v) is 17.9. The minimum absolute atomic E-state index is 0.122. The van der Waals surface area contributed by atoms with Crippen LogP contribution in [0.1, 0.15) is 50.2 Å². The van der Waals surface area contributed by atoms with Crippen molar-refractivity contribution in [3.8, 4) is 11.5 Å². The van der Waals surface area contributed by atoms with Crippen LogP contribution in [-0.2, 0) is 11.2 Å². The Labute approximate surface area is 176 Å². The molecule has 28 heavy (non-hydrogen) atoms. The molecule has 0 aliphatic heterocycles. The predicted molar refractivity (Wildman–Crippen MR) is 116 cm³/mol. The Kier molecular flexibility index (Phi) is 8.94. The molecule has 0 atom stereocenters. The summed E-state index contributed by atoms with van der Waals surface area (Å²) in [6.45, 7) is 3.72. The number of phenols is 1. The molecule has 0 unspecified atom stereocenters. The fraction of sp³-hybridized carbons (Fsp3) is 0.409. The molecule has 0 aliphatic rings. The third-order valence-corrected chi connectivity index (χ3v) is 5.43. The second-order valence-electron chi connectivity index (χ2n) is 6.80. The first-order chi connectivity index (χ1) is 13.4. The summed E-state index contributed by atoms with van der Waals surface area (Å²) in [5.74, 6) is 0.103. The number of nitrogens with one attached hydrogen (secondary N) is 1. The lowest BCUT2D eigenvalue weighted by Gasteiger charge is -2.13. The van der Waals surface area contributed by atoms with E-state index in [1.807, 2.05) is 24.3 Å². The highest BCUT2D eigenvalue weighted by Gasteiger charge is 2.15. The van der Waals surface area contributed by atoms with E-state index in [0.29, 0.717) is 16.3 Å². The third-order valence-electron chi connectivity index (χ3n) is 4.58. The molecule has 2 aromatic carbocycles. The van der Waals surface area contributed by atoms with Crippen molar-refractivity contribution in [3.63, 3.8) is 0 Å². The topological polar surface area (TPSA) is 58.6 Å². The van der Waals surface area contributed by atoms with E-state index in [1.165, 1.54) is 31.7 Å². The van der Waals surface area contributed by atoms with E-state index >= 15 is 0 Å².